The molecule has 0 aromatic heterocycles. The number of guanidine groups is 1. The zero-order valence-corrected chi connectivity index (χ0v) is 22.4. The van der Waals surface area contributed by atoms with Gasteiger partial charge in [0.2, 0.25) is 0 Å². The van der Waals surface area contributed by atoms with Crippen molar-refractivity contribution < 1.29 is 18.3 Å². The van der Waals surface area contributed by atoms with E-state index in [1.165, 1.54) is 35.9 Å². The summed E-state index contributed by atoms with van der Waals surface area (Å²) in [4.78, 5) is 17.9. The SMILES string of the molecule is C=CC1=CC2CC[C@H]1C(NC(=NCc1cccc(OC)c1)NC(=O)c1cccc(F)c1)CC2c1ccc(F)cc1. The topological polar surface area (TPSA) is 62.7 Å². The summed E-state index contributed by atoms with van der Waals surface area (Å²) in [6.45, 7) is 4.36. The molecule has 6 rings (SSSR count). The van der Waals surface area contributed by atoms with Gasteiger partial charge in [-0.1, -0.05) is 49.1 Å². The van der Waals surface area contributed by atoms with Gasteiger partial charge in [-0.3, -0.25) is 10.1 Å². The fraction of sp³-hybridized carbons (Fsp3) is 0.273. The first-order chi connectivity index (χ1) is 19.4. The van der Waals surface area contributed by atoms with Crippen molar-refractivity contribution in [2.75, 3.05) is 7.11 Å². The molecule has 2 bridgehead atoms. The number of ether oxygens (including phenoxy) is 1. The first-order valence-corrected chi connectivity index (χ1v) is 13.5. The van der Waals surface area contributed by atoms with E-state index in [0.717, 1.165) is 36.1 Å². The lowest BCUT2D eigenvalue weighted by Gasteiger charge is -2.29. The largest absolute Gasteiger partial charge is 0.497 e. The van der Waals surface area contributed by atoms with Crippen LogP contribution in [0.25, 0.3) is 0 Å². The van der Waals surface area contributed by atoms with E-state index in [-0.39, 0.29) is 29.3 Å². The summed E-state index contributed by atoms with van der Waals surface area (Å²) in [6.07, 6.45) is 6.95. The summed E-state index contributed by atoms with van der Waals surface area (Å²) in [5.74, 6) is 0.476. The monoisotopic (exact) mass is 541 g/mol. The Hall–Kier alpha value is -4.26. The Bertz CT molecular complexity index is 1430. The Balaban J connectivity index is 1.45. The maximum absolute atomic E-state index is 13.9. The van der Waals surface area contributed by atoms with Gasteiger partial charge in [0, 0.05) is 17.5 Å². The lowest BCUT2D eigenvalue weighted by molar-refractivity contribution is 0.0974. The molecule has 3 unspecified atom stereocenters. The molecule has 3 aliphatic rings. The Labute approximate surface area is 233 Å². The summed E-state index contributed by atoms with van der Waals surface area (Å²) in [6, 6.07) is 19.8. The number of benzene rings is 3. The second-order valence-electron chi connectivity index (χ2n) is 10.3. The summed E-state index contributed by atoms with van der Waals surface area (Å²) in [5, 5.41) is 6.43. The van der Waals surface area contributed by atoms with Crippen molar-refractivity contribution in [3.63, 3.8) is 0 Å². The molecule has 7 heteroatoms. The van der Waals surface area contributed by atoms with E-state index in [4.69, 9.17) is 9.73 Å². The fourth-order valence-electron chi connectivity index (χ4n) is 5.88. The Morgan fingerprint density at radius 1 is 1.02 bits per heavy atom. The maximum Gasteiger partial charge on any atom is 0.258 e. The molecule has 0 saturated heterocycles. The minimum atomic E-state index is -0.487. The molecule has 2 N–H and O–H groups in total. The van der Waals surface area contributed by atoms with Crippen LogP contribution >= 0.6 is 0 Å². The van der Waals surface area contributed by atoms with Crippen LogP contribution in [0.2, 0.25) is 0 Å². The van der Waals surface area contributed by atoms with Gasteiger partial charge >= 0.3 is 0 Å². The van der Waals surface area contributed by atoms with E-state index in [2.05, 4.69) is 23.3 Å². The highest BCUT2D eigenvalue weighted by Gasteiger charge is 2.39. The molecule has 3 aromatic rings. The van der Waals surface area contributed by atoms with Crippen molar-refractivity contribution in [2.24, 2.45) is 16.8 Å². The van der Waals surface area contributed by atoms with Gasteiger partial charge in [0.15, 0.2) is 5.96 Å². The Morgan fingerprint density at radius 2 is 1.82 bits per heavy atom. The van der Waals surface area contributed by atoms with Crippen molar-refractivity contribution in [1.82, 2.24) is 10.6 Å². The molecule has 4 atom stereocenters. The molecule has 0 radical (unpaired) electrons. The normalized spacial score (nSPS) is 22.2. The van der Waals surface area contributed by atoms with Gasteiger partial charge in [-0.25, -0.2) is 13.8 Å². The number of nitrogens with one attached hydrogen (secondary N) is 2. The average molecular weight is 542 g/mol. The molecular formula is C33H33F2N3O2. The van der Waals surface area contributed by atoms with Gasteiger partial charge in [-0.05, 0) is 90.3 Å². The molecule has 1 fully saturated rings. The third kappa shape index (κ3) is 6.30. The van der Waals surface area contributed by atoms with Crippen LogP contribution in [0.3, 0.4) is 0 Å². The number of hydrogen-bond donors (Lipinski definition) is 2. The van der Waals surface area contributed by atoms with Gasteiger partial charge in [-0.15, -0.1) is 0 Å². The van der Waals surface area contributed by atoms with Crippen LogP contribution in [0.1, 0.15) is 46.7 Å². The zero-order chi connectivity index (χ0) is 28.1. The zero-order valence-electron chi connectivity index (χ0n) is 22.4. The highest BCUT2D eigenvalue weighted by Crippen LogP contribution is 2.46. The molecule has 1 saturated carbocycles. The van der Waals surface area contributed by atoms with E-state index in [9.17, 15) is 13.6 Å². The Morgan fingerprint density at radius 3 is 2.58 bits per heavy atom. The molecule has 40 heavy (non-hydrogen) atoms. The summed E-state index contributed by atoms with van der Waals surface area (Å²) < 4.78 is 32.9. The van der Waals surface area contributed by atoms with Crippen LogP contribution in [-0.2, 0) is 6.54 Å². The quantitative estimate of drug-likeness (QED) is 0.264. The Kier molecular flexibility index (Phi) is 8.39. The van der Waals surface area contributed by atoms with E-state index in [1.807, 2.05) is 42.5 Å². The van der Waals surface area contributed by atoms with Gasteiger partial charge in [0.25, 0.3) is 5.91 Å². The maximum atomic E-state index is 13.9. The fourth-order valence-corrected chi connectivity index (χ4v) is 5.88. The van der Waals surface area contributed by atoms with Crippen molar-refractivity contribution in [3.8, 4) is 5.75 Å². The van der Waals surface area contributed by atoms with Crippen LogP contribution in [0.15, 0.2) is 102 Å². The average Bonchev–Trinajstić information content (AvgIpc) is 3.24. The number of halogens is 2. The predicted molar refractivity (Wildman–Crippen MR) is 153 cm³/mol. The van der Waals surface area contributed by atoms with Crippen molar-refractivity contribution >= 4 is 11.9 Å². The summed E-state index contributed by atoms with van der Waals surface area (Å²) in [5.41, 5.74) is 3.37. The first-order valence-electron chi connectivity index (χ1n) is 13.5. The standard InChI is InChI=1S/C33H33F2N3O2/c1-3-22-17-24-12-15-29(22)31(19-30(24)23-10-13-26(34)14-11-23)37-33(36-20-21-6-4-9-28(16-21)40-2)38-32(39)25-7-5-8-27(35)18-25/h3-11,13-14,16-18,24,29-31H,1,12,15,19-20H2,2H3,(H2,36,37,38,39)/t24?,29-,30?,31?/m1/s1. The van der Waals surface area contributed by atoms with Crippen molar-refractivity contribution in [2.45, 2.75) is 37.8 Å². The molecule has 1 amide bonds. The number of hydrogen-bond acceptors (Lipinski definition) is 3. The highest BCUT2D eigenvalue weighted by molar-refractivity contribution is 6.05. The van der Waals surface area contributed by atoms with Crippen LogP contribution in [0, 0.1) is 23.5 Å². The minimum absolute atomic E-state index is 0.0660. The van der Waals surface area contributed by atoms with Crippen LogP contribution in [0.5, 0.6) is 5.75 Å². The molecule has 0 aliphatic heterocycles. The molecule has 3 aliphatic carbocycles. The molecular weight excluding hydrogens is 508 g/mol. The number of aliphatic imine (C=N–C) groups is 1. The third-order valence-electron chi connectivity index (χ3n) is 7.88. The summed E-state index contributed by atoms with van der Waals surface area (Å²) in [7, 11) is 1.61. The van der Waals surface area contributed by atoms with E-state index in [1.54, 1.807) is 13.2 Å². The third-order valence-corrected chi connectivity index (χ3v) is 7.88. The number of amides is 1. The molecule has 0 heterocycles. The molecule has 0 spiro atoms. The highest BCUT2D eigenvalue weighted by atomic mass is 19.1. The van der Waals surface area contributed by atoms with Gasteiger partial charge < -0.3 is 10.1 Å². The van der Waals surface area contributed by atoms with Gasteiger partial charge in [-0.2, -0.15) is 0 Å². The summed E-state index contributed by atoms with van der Waals surface area (Å²) >= 11 is 0. The van der Waals surface area contributed by atoms with Gasteiger partial charge in [0.05, 0.1) is 13.7 Å². The molecule has 3 aromatic carbocycles. The van der Waals surface area contributed by atoms with Crippen LogP contribution in [0.4, 0.5) is 8.78 Å². The molecule has 5 nitrogen and oxygen atoms in total. The first kappa shape index (κ1) is 27.3. The van der Waals surface area contributed by atoms with E-state index in [0.29, 0.717) is 18.4 Å². The molecule has 206 valence electrons. The number of allylic oxidation sites excluding steroid dienone is 2. The lowest BCUT2D eigenvalue weighted by atomic mass is 9.79. The second kappa shape index (κ2) is 12.3. The van der Waals surface area contributed by atoms with E-state index < -0.39 is 11.7 Å². The lowest BCUT2D eigenvalue weighted by Crippen LogP contribution is -2.48. The van der Waals surface area contributed by atoms with Crippen molar-refractivity contribution in [1.29, 1.82) is 0 Å². The minimum Gasteiger partial charge on any atom is -0.497 e. The van der Waals surface area contributed by atoms with E-state index >= 15 is 0 Å². The van der Waals surface area contributed by atoms with Gasteiger partial charge in [0.1, 0.15) is 17.4 Å². The number of methoxy groups -OCH3 is 1. The number of nitrogens with zero attached hydrogens (tertiary/aromatic N) is 1. The number of rotatable bonds is 7. The smallest absolute Gasteiger partial charge is 0.258 e. The number of carbonyl (C=O) groups is 1. The predicted octanol–water partition coefficient (Wildman–Crippen LogP) is 6.54. The van der Waals surface area contributed by atoms with Crippen LogP contribution in [-0.4, -0.2) is 25.0 Å². The van der Waals surface area contributed by atoms with Crippen LogP contribution < -0.4 is 15.4 Å². The number of carbonyl (C=O) groups excluding carboxylic acids is 1. The van der Waals surface area contributed by atoms with Crippen molar-refractivity contribution in [3.05, 3.63) is 125 Å². The second-order valence-corrected chi connectivity index (χ2v) is 10.3. The number of fused-ring (bicyclic) bond motifs is 3.